The van der Waals surface area contributed by atoms with Crippen molar-refractivity contribution in [3.05, 3.63) is 48.7 Å². The molecule has 0 aliphatic heterocycles. The first-order chi connectivity index (χ1) is 11.1. The van der Waals surface area contributed by atoms with Gasteiger partial charge in [0.1, 0.15) is 0 Å². The molecule has 1 unspecified atom stereocenters. The Morgan fingerprint density at radius 2 is 2.30 bits per heavy atom. The first kappa shape index (κ1) is 15.6. The van der Waals surface area contributed by atoms with Gasteiger partial charge in [0.25, 0.3) is 0 Å². The third kappa shape index (κ3) is 3.08. The maximum Gasteiger partial charge on any atom is 0.247 e. The number of benzene rings is 1. The highest BCUT2D eigenvalue weighted by molar-refractivity contribution is 6.02. The lowest BCUT2D eigenvalue weighted by molar-refractivity contribution is -0.111. The quantitative estimate of drug-likeness (QED) is 0.871. The van der Waals surface area contributed by atoms with Gasteiger partial charge in [-0.3, -0.25) is 4.79 Å². The molecule has 1 aliphatic carbocycles. The molecule has 1 aromatic carbocycles. The fraction of sp³-hybridized carbons (Fsp3) is 0.316. The van der Waals surface area contributed by atoms with E-state index < -0.39 is 0 Å². The second kappa shape index (κ2) is 6.42. The molecule has 120 valence electrons. The van der Waals surface area contributed by atoms with Crippen molar-refractivity contribution in [2.75, 3.05) is 12.4 Å². The number of carbonyl (C=O) groups excluding carboxylic acids is 1. The van der Waals surface area contributed by atoms with Gasteiger partial charge in [0.15, 0.2) is 0 Å². The predicted octanol–water partition coefficient (Wildman–Crippen LogP) is 3.89. The molecular weight excluding hydrogens is 288 g/mol. The lowest BCUT2D eigenvalue weighted by atomic mass is 9.92. The van der Waals surface area contributed by atoms with Crippen molar-refractivity contribution in [1.29, 1.82) is 0 Å². The lowest BCUT2D eigenvalue weighted by Crippen LogP contribution is -2.13. The number of hydrogen-bond acceptors (Lipinski definition) is 2. The third-order valence-corrected chi connectivity index (χ3v) is 4.48. The minimum absolute atomic E-state index is 0.193. The van der Waals surface area contributed by atoms with Crippen LogP contribution in [0.2, 0.25) is 0 Å². The van der Waals surface area contributed by atoms with Crippen molar-refractivity contribution in [3.8, 4) is 0 Å². The van der Waals surface area contributed by atoms with Crippen LogP contribution in [-0.2, 0) is 16.6 Å². The topological polar surface area (TPSA) is 43.3 Å². The molecule has 1 heterocycles. The first-order valence-electron chi connectivity index (χ1n) is 7.87. The number of aromatic nitrogens is 1. The number of carbonyl (C=O) groups is 1. The SMILES string of the molecule is C=CC(=O)Nc1ccc2c(c1)c(C1=CCC(OC)CC1)cn2C. The number of nitrogens with zero attached hydrogens (tertiary/aromatic N) is 1. The summed E-state index contributed by atoms with van der Waals surface area (Å²) in [6.45, 7) is 3.49. The van der Waals surface area contributed by atoms with Gasteiger partial charge in [-0.2, -0.15) is 0 Å². The Bertz CT molecular complexity index is 786. The van der Waals surface area contributed by atoms with E-state index in [1.54, 1.807) is 7.11 Å². The molecule has 3 rings (SSSR count). The molecule has 1 atom stereocenters. The summed E-state index contributed by atoms with van der Waals surface area (Å²) < 4.78 is 7.57. The number of methoxy groups -OCH3 is 1. The van der Waals surface area contributed by atoms with Crippen LogP contribution in [0.4, 0.5) is 5.69 Å². The normalized spacial score (nSPS) is 17.8. The van der Waals surface area contributed by atoms with E-state index in [9.17, 15) is 4.79 Å². The Kier molecular flexibility index (Phi) is 4.35. The Labute approximate surface area is 136 Å². The number of amides is 1. The molecule has 0 bridgehead atoms. The van der Waals surface area contributed by atoms with Gasteiger partial charge in [0, 0.05) is 42.5 Å². The van der Waals surface area contributed by atoms with Crippen LogP contribution in [0.25, 0.3) is 16.5 Å². The van der Waals surface area contributed by atoms with Crippen molar-refractivity contribution >= 4 is 28.1 Å². The molecule has 0 saturated heterocycles. The molecule has 0 radical (unpaired) electrons. The van der Waals surface area contributed by atoms with Gasteiger partial charge in [-0.15, -0.1) is 0 Å². The molecule has 0 fully saturated rings. The van der Waals surface area contributed by atoms with Gasteiger partial charge in [-0.1, -0.05) is 12.7 Å². The molecule has 0 saturated carbocycles. The fourth-order valence-electron chi connectivity index (χ4n) is 3.19. The van der Waals surface area contributed by atoms with Gasteiger partial charge >= 0.3 is 0 Å². The highest BCUT2D eigenvalue weighted by Gasteiger charge is 2.18. The second-order valence-electron chi connectivity index (χ2n) is 5.94. The fourth-order valence-corrected chi connectivity index (χ4v) is 3.19. The average molecular weight is 310 g/mol. The second-order valence-corrected chi connectivity index (χ2v) is 5.94. The number of ether oxygens (including phenoxy) is 1. The van der Waals surface area contributed by atoms with Crippen molar-refractivity contribution in [3.63, 3.8) is 0 Å². The summed E-state index contributed by atoms with van der Waals surface area (Å²) in [5.41, 5.74) is 4.55. The van der Waals surface area contributed by atoms with Gasteiger partial charge in [-0.25, -0.2) is 0 Å². The average Bonchev–Trinajstić information content (AvgIpc) is 2.91. The number of anilines is 1. The zero-order chi connectivity index (χ0) is 16.4. The molecule has 4 nitrogen and oxygen atoms in total. The van der Waals surface area contributed by atoms with Gasteiger partial charge in [0.2, 0.25) is 5.91 Å². The zero-order valence-corrected chi connectivity index (χ0v) is 13.6. The highest BCUT2D eigenvalue weighted by Crippen LogP contribution is 2.34. The number of fused-ring (bicyclic) bond motifs is 1. The Hall–Kier alpha value is -2.33. The molecule has 1 N–H and O–H groups in total. The number of aryl methyl sites for hydroxylation is 1. The van der Waals surface area contributed by atoms with E-state index in [4.69, 9.17) is 4.74 Å². The molecular formula is C19H22N2O2. The summed E-state index contributed by atoms with van der Waals surface area (Å²) in [6, 6.07) is 6.00. The van der Waals surface area contributed by atoms with E-state index in [1.807, 2.05) is 18.2 Å². The Balaban J connectivity index is 2.00. The highest BCUT2D eigenvalue weighted by atomic mass is 16.5. The molecule has 1 aliphatic rings. The van der Waals surface area contributed by atoms with Crippen LogP contribution in [0, 0.1) is 0 Å². The zero-order valence-electron chi connectivity index (χ0n) is 13.6. The summed E-state index contributed by atoms with van der Waals surface area (Å²) in [6.07, 6.45) is 9.08. The minimum atomic E-state index is -0.193. The number of rotatable bonds is 4. The largest absolute Gasteiger partial charge is 0.381 e. The van der Waals surface area contributed by atoms with Gasteiger partial charge < -0.3 is 14.6 Å². The summed E-state index contributed by atoms with van der Waals surface area (Å²) >= 11 is 0. The summed E-state index contributed by atoms with van der Waals surface area (Å²) in [4.78, 5) is 11.5. The van der Waals surface area contributed by atoms with E-state index in [2.05, 4.69) is 35.8 Å². The van der Waals surface area contributed by atoms with E-state index >= 15 is 0 Å². The van der Waals surface area contributed by atoms with Crippen molar-refractivity contribution in [1.82, 2.24) is 4.57 Å². The van der Waals surface area contributed by atoms with Gasteiger partial charge in [0.05, 0.1) is 6.10 Å². The van der Waals surface area contributed by atoms with Crippen LogP contribution < -0.4 is 5.32 Å². The van der Waals surface area contributed by atoms with Crippen molar-refractivity contribution in [2.45, 2.75) is 25.4 Å². The number of allylic oxidation sites excluding steroid dienone is 1. The summed E-state index contributed by atoms with van der Waals surface area (Å²) in [5, 5.41) is 4.00. The van der Waals surface area contributed by atoms with Crippen LogP contribution in [0.3, 0.4) is 0 Å². The maximum absolute atomic E-state index is 11.5. The number of nitrogens with one attached hydrogen (secondary N) is 1. The van der Waals surface area contributed by atoms with Crippen LogP contribution >= 0.6 is 0 Å². The van der Waals surface area contributed by atoms with Crippen LogP contribution in [0.15, 0.2) is 43.1 Å². The monoisotopic (exact) mass is 310 g/mol. The lowest BCUT2D eigenvalue weighted by Gasteiger charge is -2.20. The summed E-state index contributed by atoms with van der Waals surface area (Å²) in [7, 11) is 3.82. The predicted molar refractivity (Wildman–Crippen MR) is 94.4 cm³/mol. The van der Waals surface area contributed by atoms with Gasteiger partial charge in [-0.05, 0) is 49.1 Å². The van der Waals surface area contributed by atoms with Crippen molar-refractivity contribution in [2.24, 2.45) is 7.05 Å². The molecule has 2 aromatic rings. The van der Waals surface area contributed by atoms with E-state index in [1.165, 1.54) is 17.2 Å². The summed E-state index contributed by atoms with van der Waals surface area (Å²) in [5.74, 6) is -0.193. The van der Waals surface area contributed by atoms with Crippen LogP contribution in [0.1, 0.15) is 24.8 Å². The molecule has 1 amide bonds. The first-order valence-corrected chi connectivity index (χ1v) is 7.87. The molecule has 23 heavy (non-hydrogen) atoms. The Morgan fingerprint density at radius 3 is 2.96 bits per heavy atom. The molecule has 1 aromatic heterocycles. The molecule has 0 spiro atoms. The van der Waals surface area contributed by atoms with Crippen LogP contribution in [0.5, 0.6) is 0 Å². The van der Waals surface area contributed by atoms with E-state index in [0.717, 1.165) is 35.9 Å². The smallest absolute Gasteiger partial charge is 0.247 e. The standard InChI is InChI=1S/C19H22N2O2/c1-4-19(22)20-14-7-10-18-16(11-14)17(12-21(18)2)13-5-8-15(23-3)9-6-13/h4-5,7,10-12,15H,1,6,8-9H2,2-3H3,(H,20,22). The minimum Gasteiger partial charge on any atom is -0.381 e. The van der Waals surface area contributed by atoms with Crippen molar-refractivity contribution < 1.29 is 9.53 Å². The van der Waals surface area contributed by atoms with E-state index in [-0.39, 0.29) is 5.91 Å². The van der Waals surface area contributed by atoms with E-state index in [0.29, 0.717) is 6.10 Å². The Morgan fingerprint density at radius 1 is 1.48 bits per heavy atom. The third-order valence-electron chi connectivity index (χ3n) is 4.48. The van der Waals surface area contributed by atoms with Crippen LogP contribution in [-0.4, -0.2) is 23.7 Å². The molecule has 4 heteroatoms. The number of hydrogen-bond donors (Lipinski definition) is 1. The maximum atomic E-state index is 11.5.